The van der Waals surface area contributed by atoms with Gasteiger partial charge in [0.05, 0.1) is 12.1 Å². The monoisotopic (exact) mass is 428 g/mol. The lowest BCUT2D eigenvalue weighted by Crippen LogP contribution is -2.14. The number of rotatable bonds is 6. The van der Waals surface area contributed by atoms with E-state index in [1.54, 1.807) is 35.9 Å². The fourth-order valence-corrected chi connectivity index (χ4v) is 3.92. The highest BCUT2D eigenvalue weighted by molar-refractivity contribution is 7.13. The highest BCUT2D eigenvalue weighted by Gasteiger charge is 2.09. The van der Waals surface area contributed by atoms with Crippen molar-refractivity contribution in [2.75, 3.05) is 10.6 Å². The van der Waals surface area contributed by atoms with E-state index in [0.29, 0.717) is 5.69 Å². The molecule has 154 valence electrons. The molecule has 6 nitrogen and oxygen atoms in total. The molecule has 2 amide bonds. The molecule has 2 heterocycles. The van der Waals surface area contributed by atoms with Crippen LogP contribution in [0, 0.1) is 0 Å². The van der Waals surface area contributed by atoms with Crippen LogP contribution in [0.5, 0.6) is 0 Å². The average molecular weight is 429 g/mol. The number of benzene rings is 2. The molecule has 0 aliphatic heterocycles. The molecule has 0 saturated carbocycles. The summed E-state index contributed by atoms with van der Waals surface area (Å²) in [6.07, 6.45) is 3.74. The lowest BCUT2D eigenvalue weighted by atomic mass is 10.1. The molecule has 2 N–H and O–H groups in total. The Morgan fingerprint density at radius 3 is 2.42 bits per heavy atom. The van der Waals surface area contributed by atoms with Gasteiger partial charge in [0.1, 0.15) is 5.01 Å². The summed E-state index contributed by atoms with van der Waals surface area (Å²) in [5.41, 5.74) is 5.12. The summed E-state index contributed by atoms with van der Waals surface area (Å²) < 4.78 is 0. The summed E-state index contributed by atoms with van der Waals surface area (Å²) in [6.45, 7) is 1.46. The minimum Gasteiger partial charge on any atom is -0.326 e. The molecule has 0 unspecified atom stereocenters. The van der Waals surface area contributed by atoms with Crippen LogP contribution in [-0.2, 0) is 16.0 Å². The third-order valence-electron chi connectivity index (χ3n) is 4.51. The van der Waals surface area contributed by atoms with Crippen LogP contribution in [0.25, 0.3) is 21.8 Å². The predicted molar refractivity (Wildman–Crippen MR) is 124 cm³/mol. The molecule has 0 aliphatic rings. The zero-order chi connectivity index (χ0) is 21.6. The smallest absolute Gasteiger partial charge is 0.228 e. The normalized spacial score (nSPS) is 10.5. The van der Waals surface area contributed by atoms with E-state index in [1.807, 2.05) is 53.9 Å². The number of pyridine rings is 1. The molecule has 0 bridgehead atoms. The summed E-state index contributed by atoms with van der Waals surface area (Å²) in [7, 11) is 0. The number of anilines is 2. The van der Waals surface area contributed by atoms with Crippen LogP contribution in [0.15, 0.2) is 78.4 Å². The van der Waals surface area contributed by atoms with Crippen LogP contribution in [0.4, 0.5) is 11.4 Å². The van der Waals surface area contributed by atoms with Crippen molar-refractivity contribution in [3.63, 3.8) is 0 Å². The van der Waals surface area contributed by atoms with Crippen LogP contribution in [0.1, 0.15) is 12.5 Å². The number of nitrogens with one attached hydrogen (secondary N) is 2. The minimum atomic E-state index is -0.126. The third kappa shape index (κ3) is 5.40. The molecule has 0 spiro atoms. The molecule has 7 heteroatoms. The fraction of sp³-hybridized carbons (Fsp3) is 0.0833. The van der Waals surface area contributed by atoms with Gasteiger partial charge in [0.2, 0.25) is 11.8 Å². The van der Waals surface area contributed by atoms with Crippen molar-refractivity contribution in [1.29, 1.82) is 0 Å². The Labute approximate surface area is 184 Å². The second-order valence-corrected chi connectivity index (χ2v) is 7.82. The van der Waals surface area contributed by atoms with E-state index in [2.05, 4.69) is 15.6 Å². The third-order valence-corrected chi connectivity index (χ3v) is 5.40. The number of carbonyl (C=O) groups is 2. The first-order chi connectivity index (χ1) is 15.1. The maximum absolute atomic E-state index is 12.5. The standard InChI is InChI=1S/C24H20N4O2S/c1-16(29)26-20-7-5-17(6-8-20)13-23(30)27-21-4-2-3-19(14-21)22-15-31-24(28-22)18-9-11-25-12-10-18/h2-12,14-15H,13H2,1H3,(H,26,29)(H,27,30). The van der Waals surface area contributed by atoms with Gasteiger partial charge in [0.15, 0.2) is 0 Å². The van der Waals surface area contributed by atoms with E-state index in [0.717, 1.165) is 33.1 Å². The Hall–Kier alpha value is -3.84. The maximum atomic E-state index is 12.5. The van der Waals surface area contributed by atoms with E-state index < -0.39 is 0 Å². The van der Waals surface area contributed by atoms with E-state index in [9.17, 15) is 9.59 Å². The highest BCUT2D eigenvalue weighted by atomic mass is 32.1. The van der Waals surface area contributed by atoms with E-state index in [-0.39, 0.29) is 18.2 Å². The van der Waals surface area contributed by atoms with Crippen molar-refractivity contribution >= 4 is 34.5 Å². The molecular formula is C24H20N4O2S. The first kappa shape index (κ1) is 20.4. The van der Waals surface area contributed by atoms with Crippen molar-refractivity contribution in [2.24, 2.45) is 0 Å². The molecule has 2 aromatic heterocycles. The topological polar surface area (TPSA) is 84.0 Å². The van der Waals surface area contributed by atoms with Gasteiger partial charge in [-0.15, -0.1) is 11.3 Å². The number of carbonyl (C=O) groups excluding carboxylic acids is 2. The molecular weight excluding hydrogens is 408 g/mol. The van der Waals surface area contributed by atoms with Crippen LogP contribution in [-0.4, -0.2) is 21.8 Å². The second kappa shape index (κ2) is 9.32. The number of thiazole rings is 1. The molecule has 0 aliphatic carbocycles. The molecule has 4 rings (SSSR count). The number of hydrogen-bond acceptors (Lipinski definition) is 5. The fourth-order valence-electron chi connectivity index (χ4n) is 3.09. The van der Waals surface area contributed by atoms with Crippen molar-refractivity contribution in [2.45, 2.75) is 13.3 Å². The Morgan fingerprint density at radius 1 is 0.903 bits per heavy atom. The number of nitrogens with zero attached hydrogens (tertiary/aromatic N) is 2. The van der Waals surface area contributed by atoms with Crippen LogP contribution < -0.4 is 10.6 Å². The summed E-state index contributed by atoms with van der Waals surface area (Å²) in [5, 5.41) is 8.59. The Morgan fingerprint density at radius 2 is 1.68 bits per heavy atom. The van der Waals surface area contributed by atoms with E-state index >= 15 is 0 Å². The highest BCUT2D eigenvalue weighted by Crippen LogP contribution is 2.29. The van der Waals surface area contributed by atoms with Gasteiger partial charge in [-0.05, 0) is 42.0 Å². The largest absolute Gasteiger partial charge is 0.326 e. The van der Waals surface area contributed by atoms with Gasteiger partial charge in [0.25, 0.3) is 0 Å². The molecule has 0 fully saturated rings. The lowest BCUT2D eigenvalue weighted by molar-refractivity contribution is -0.116. The molecule has 31 heavy (non-hydrogen) atoms. The minimum absolute atomic E-state index is 0.111. The molecule has 0 saturated heterocycles. The second-order valence-electron chi connectivity index (χ2n) is 6.96. The average Bonchev–Trinajstić information content (AvgIpc) is 3.26. The van der Waals surface area contributed by atoms with Crippen molar-refractivity contribution < 1.29 is 9.59 Å². The number of hydrogen-bond donors (Lipinski definition) is 2. The lowest BCUT2D eigenvalue weighted by Gasteiger charge is -2.08. The van der Waals surface area contributed by atoms with Crippen LogP contribution >= 0.6 is 11.3 Å². The molecule has 0 atom stereocenters. The van der Waals surface area contributed by atoms with Crippen molar-refractivity contribution in [3.05, 3.63) is 84.0 Å². The Balaban J connectivity index is 1.42. The van der Waals surface area contributed by atoms with Gasteiger partial charge in [0, 0.05) is 47.2 Å². The number of amides is 2. The van der Waals surface area contributed by atoms with Crippen LogP contribution in [0.3, 0.4) is 0 Å². The van der Waals surface area contributed by atoms with Crippen molar-refractivity contribution in [3.8, 4) is 21.8 Å². The first-order valence-corrected chi connectivity index (χ1v) is 10.6. The summed E-state index contributed by atoms with van der Waals surface area (Å²) in [5.74, 6) is -0.237. The summed E-state index contributed by atoms with van der Waals surface area (Å²) >= 11 is 1.57. The van der Waals surface area contributed by atoms with Gasteiger partial charge < -0.3 is 10.6 Å². The SMILES string of the molecule is CC(=O)Nc1ccc(CC(=O)Nc2cccc(-c3csc(-c4ccncc4)n3)c2)cc1. The maximum Gasteiger partial charge on any atom is 0.228 e. The molecule has 4 aromatic rings. The Kier molecular flexibility index (Phi) is 6.14. The van der Waals surface area contributed by atoms with Gasteiger partial charge in [-0.25, -0.2) is 4.98 Å². The van der Waals surface area contributed by atoms with Gasteiger partial charge in [-0.3, -0.25) is 14.6 Å². The van der Waals surface area contributed by atoms with Gasteiger partial charge >= 0.3 is 0 Å². The van der Waals surface area contributed by atoms with E-state index in [1.165, 1.54) is 6.92 Å². The summed E-state index contributed by atoms with van der Waals surface area (Å²) in [6, 6.07) is 18.7. The summed E-state index contributed by atoms with van der Waals surface area (Å²) in [4.78, 5) is 32.3. The van der Waals surface area contributed by atoms with Gasteiger partial charge in [-0.2, -0.15) is 0 Å². The first-order valence-electron chi connectivity index (χ1n) is 9.69. The number of aromatic nitrogens is 2. The molecule has 2 aromatic carbocycles. The zero-order valence-corrected chi connectivity index (χ0v) is 17.6. The van der Waals surface area contributed by atoms with Gasteiger partial charge in [-0.1, -0.05) is 24.3 Å². The Bertz CT molecular complexity index is 1200. The predicted octanol–water partition coefficient (Wildman–Crippen LogP) is 5.01. The van der Waals surface area contributed by atoms with Crippen molar-refractivity contribution in [1.82, 2.24) is 9.97 Å². The zero-order valence-electron chi connectivity index (χ0n) is 16.8. The van der Waals surface area contributed by atoms with Crippen LogP contribution in [0.2, 0.25) is 0 Å². The van der Waals surface area contributed by atoms with E-state index in [4.69, 9.17) is 4.98 Å². The quantitative estimate of drug-likeness (QED) is 0.452. The molecule has 0 radical (unpaired) electrons.